The minimum Gasteiger partial charge on any atom is -0.302 e. The minimum atomic E-state index is -0.0574. The molecule has 0 saturated carbocycles. The van der Waals surface area contributed by atoms with Crippen LogP contribution < -0.4 is 5.32 Å². The van der Waals surface area contributed by atoms with Crippen LogP contribution in [0.15, 0.2) is 59.1 Å². The monoisotopic (exact) mass is 355 g/mol. The predicted octanol–water partition coefficient (Wildman–Crippen LogP) is 4.50. The van der Waals surface area contributed by atoms with Crippen molar-refractivity contribution >= 4 is 34.1 Å². The molecule has 2 aromatic heterocycles. The van der Waals surface area contributed by atoms with Crippen molar-refractivity contribution < 1.29 is 4.79 Å². The lowest BCUT2D eigenvalue weighted by atomic mass is 10.1. The Balaban J connectivity index is 1.60. The lowest BCUT2D eigenvalue weighted by Gasteiger charge is -2.04. The number of pyridine rings is 1. The number of amides is 1. The highest BCUT2D eigenvalue weighted by atomic mass is 32.2. The third-order valence-corrected chi connectivity index (χ3v) is 4.96. The van der Waals surface area contributed by atoms with Crippen LogP contribution in [0, 0.1) is 0 Å². The maximum atomic E-state index is 12.2. The summed E-state index contributed by atoms with van der Waals surface area (Å²) in [5.74, 6) is 0.987. The first kappa shape index (κ1) is 16.7. The van der Waals surface area contributed by atoms with Crippen molar-refractivity contribution in [3.05, 3.63) is 59.7 Å². The molecule has 3 aromatic rings. The molecule has 0 spiro atoms. The van der Waals surface area contributed by atoms with Crippen LogP contribution in [-0.2, 0) is 11.2 Å². The number of thiazole rings is 1. The van der Waals surface area contributed by atoms with Crippen LogP contribution >= 0.6 is 23.1 Å². The Labute approximate surface area is 149 Å². The number of aromatic nitrogens is 2. The number of rotatable bonds is 6. The molecule has 2 heterocycles. The fourth-order valence-electron chi connectivity index (χ4n) is 2.20. The van der Waals surface area contributed by atoms with Crippen molar-refractivity contribution in [3.63, 3.8) is 0 Å². The SMILES string of the molecule is CCSc1ccc(CC(=O)Nc2nc(-c3cccnc3)cs2)cc1. The first-order valence-electron chi connectivity index (χ1n) is 7.62. The van der Waals surface area contributed by atoms with Gasteiger partial charge in [0.1, 0.15) is 0 Å². The fourth-order valence-corrected chi connectivity index (χ4v) is 3.59. The van der Waals surface area contributed by atoms with E-state index in [2.05, 4.69) is 34.3 Å². The molecule has 1 aromatic carbocycles. The lowest BCUT2D eigenvalue weighted by molar-refractivity contribution is -0.115. The second-order valence-electron chi connectivity index (χ2n) is 5.08. The fraction of sp³-hybridized carbons (Fsp3) is 0.167. The Kier molecular flexibility index (Phi) is 5.61. The zero-order valence-electron chi connectivity index (χ0n) is 13.2. The van der Waals surface area contributed by atoms with Gasteiger partial charge < -0.3 is 5.32 Å². The Bertz CT molecular complexity index is 801. The van der Waals surface area contributed by atoms with Crippen LogP contribution in [0.25, 0.3) is 11.3 Å². The van der Waals surface area contributed by atoms with Crippen LogP contribution in [0.4, 0.5) is 5.13 Å². The van der Waals surface area contributed by atoms with Crippen LogP contribution in [0.3, 0.4) is 0 Å². The zero-order chi connectivity index (χ0) is 16.8. The predicted molar refractivity (Wildman–Crippen MR) is 101 cm³/mol. The van der Waals surface area contributed by atoms with Crippen LogP contribution in [0.2, 0.25) is 0 Å². The summed E-state index contributed by atoms with van der Waals surface area (Å²) in [6.07, 6.45) is 3.83. The molecule has 4 nitrogen and oxygen atoms in total. The molecule has 0 atom stereocenters. The van der Waals surface area contributed by atoms with Crippen LogP contribution in [-0.4, -0.2) is 21.6 Å². The largest absolute Gasteiger partial charge is 0.302 e. The van der Waals surface area contributed by atoms with Crippen molar-refractivity contribution in [1.82, 2.24) is 9.97 Å². The number of carbonyl (C=O) groups is 1. The van der Waals surface area contributed by atoms with Gasteiger partial charge in [0.05, 0.1) is 12.1 Å². The average Bonchev–Trinajstić information content (AvgIpc) is 3.06. The Hall–Kier alpha value is -2.18. The van der Waals surface area contributed by atoms with E-state index in [4.69, 9.17) is 0 Å². The molecule has 0 aliphatic heterocycles. The molecule has 0 bridgehead atoms. The Morgan fingerprint density at radius 1 is 1.25 bits per heavy atom. The summed E-state index contributed by atoms with van der Waals surface area (Å²) in [5, 5.41) is 5.39. The molecular weight excluding hydrogens is 338 g/mol. The summed E-state index contributed by atoms with van der Waals surface area (Å²) < 4.78 is 0. The van der Waals surface area contributed by atoms with Crippen LogP contribution in [0.1, 0.15) is 12.5 Å². The number of hydrogen-bond acceptors (Lipinski definition) is 5. The third kappa shape index (κ3) is 4.43. The smallest absolute Gasteiger partial charge is 0.230 e. The molecule has 0 saturated heterocycles. The van der Waals surface area contributed by atoms with E-state index in [1.54, 1.807) is 24.2 Å². The summed E-state index contributed by atoms with van der Waals surface area (Å²) in [7, 11) is 0. The maximum Gasteiger partial charge on any atom is 0.230 e. The van der Waals surface area contributed by atoms with E-state index >= 15 is 0 Å². The van der Waals surface area contributed by atoms with Crippen LogP contribution in [0.5, 0.6) is 0 Å². The van der Waals surface area contributed by atoms with Gasteiger partial charge in [-0.05, 0) is 35.6 Å². The normalized spacial score (nSPS) is 10.5. The number of nitrogens with zero attached hydrogens (tertiary/aromatic N) is 2. The number of carbonyl (C=O) groups excluding carboxylic acids is 1. The minimum absolute atomic E-state index is 0.0574. The summed E-state index contributed by atoms with van der Waals surface area (Å²) in [5.41, 5.74) is 2.76. The van der Waals surface area contributed by atoms with Gasteiger partial charge in [-0.2, -0.15) is 0 Å². The van der Waals surface area contributed by atoms with Gasteiger partial charge >= 0.3 is 0 Å². The maximum absolute atomic E-state index is 12.2. The Morgan fingerprint density at radius 2 is 2.08 bits per heavy atom. The first-order chi connectivity index (χ1) is 11.7. The Morgan fingerprint density at radius 3 is 2.79 bits per heavy atom. The van der Waals surface area contributed by atoms with Crippen molar-refractivity contribution in [1.29, 1.82) is 0 Å². The molecule has 3 rings (SSSR count). The molecule has 1 amide bonds. The van der Waals surface area contributed by atoms with Gasteiger partial charge in [0.25, 0.3) is 0 Å². The molecule has 0 fully saturated rings. The highest BCUT2D eigenvalue weighted by Gasteiger charge is 2.09. The average molecular weight is 355 g/mol. The summed E-state index contributed by atoms with van der Waals surface area (Å²) >= 11 is 3.21. The number of benzene rings is 1. The van der Waals surface area contributed by atoms with E-state index in [1.165, 1.54) is 16.2 Å². The van der Waals surface area contributed by atoms with Crippen molar-refractivity contribution in [2.75, 3.05) is 11.1 Å². The van der Waals surface area contributed by atoms with Gasteiger partial charge in [0.2, 0.25) is 5.91 Å². The van der Waals surface area contributed by atoms with Gasteiger partial charge in [-0.1, -0.05) is 19.1 Å². The molecule has 1 N–H and O–H groups in total. The molecule has 24 heavy (non-hydrogen) atoms. The number of hydrogen-bond donors (Lipinski definition) is 1. The molecular formula is C18H17N3OS2. The molecule has 0 unspecified atom stereocenters. The second kappa shape index (κ2) is 8.08. The molecule has 0 radical (unpaired) electrons. The molecule has 0 aliphatic rings. The van der Waals surface area contributed by atoms with Gasteiger partial charge in [-0.25, -0.2) is 4.98 Å². The van der Waals surface area contributed by atoms with Gasteiger partial charge in [0, 0.05) is 28.2 Å². The lowest BCUT2D eigenvalue weighted by Crippen LogP contribution is -2.14. The number of thioether (sulfide) groups is 1. The molecule has 122 valence electrons. The summed E-state index contributed by atoms with van der Waals surface area (Å²) in [6.45, 7) is 2.12. The van der Waals surface area contributed by atoms with E-state index < -0.39 is 0 Å². The molecule has 0 aliphatic carbocycles. The topological polar surface area (TPSA) is 54.9 Å². The highest BCUT2D eigenvalue weighted by molar-refractivity contribution is 7.99. The van der Waals surface area contributed by atoms with Gasteiger partial charge in [-0.3, -0.25) is 9.78 Å². The van der Waals surface area contributed by atoms with E-state index in [1.807, 2.05) is 29.6 Å². The van der Waals surface area contributed by atoms with E-state index in [9.17, 15) is 4.79 Å². The van der Waals surface area contributed by atoms with Gasteiger partial charge in [0.15, 0.2) is 5.13 Å². The highest BCUT2D eigenvalue weighted by Crippen LogP contribution is 2.24. The summed E-state index contributed by atoms with van der Waals surface area (Å²) in [6, 6.07) is 11.9. The number of anilines is 1. The standard InChI is InChI=1S/C18H17N3OS2/c1-2-23-15-7-5-13(6-8-15)10-17(22)21-18-20-16(12-24-18)14-4-3-9-19-11-14/h3-9,11-12H,2,10H2,1H3,(H,20,21,22). The molecule has 6 heteroatoms. The van der Waals surface area contributed by atoms with Crippen molar-refractivity contribution in [2.24, 2.45) is 0 Å². The van der Waals surface area contributed by atoms with E-state index in [0.29, 0.717) is 11.6 Å². The third-order valence-electron chi connectivity index (χ3n) is 3.31. The first-order valence-corrected chi connectivity index (χ1v) is 9.48. The van der Waals surface area contributed by atoms with Gasteiger partial charge in [-0.15, -0.1) is 23.1 Å². The van der Waals surface area contributed by atoms with E-state index in [0.717, 1.165) is 22.6 Å². The quantitative estimate of drug-likeness (QED) is 0.662. The van der Waals surface area contributed by atoms with Crippen molar-refractivity contribution in [2.45, 2.75) is 18.2 Å². The van der Waals surface area contributed by atoms with E-state index in [-0.39, 0.29) is 5.91 Å². The second-order valence-corrected chi connectivity index (χ2v) is 7.28. The van der Waals surface area contributed by atoms with Crippen molar-refractivity contribution in [3.8, 4) is 11.3 Å². The number of nitrogens with one attached hydrogen (secondary N) is 1. The zero-order valence-corrected chi connectivity index (χ0v) is 14.9. The summed E-state index contributed by atoms with van der Waals surface area (Å²) in [4.78, 5) is 21.9.